The van der Waals surface area contributed by atoms with Crippen LogP contribution in [0.5, 0.6) is 5.75 Å². The molecule has 3 unspecified atom stereocenters. The summed E-state index contributed by atoms with van der Waals surface area (Å²) in [5.74, 6) is -2.70. The summed E-state index contributed by atoms with van der Waals surface area (Å²) in [5.41, 5.74) is 1.05. The number of ether oxygens (including phenoxy) is 1. The highest BCUT2D eigenvalue weighted by atomic mass is 19.2. The third-order valence-electron chi connectivity index (χ3n) is 7.40. The fraction of sp³-hybridized carbons (Fsp3) is 0.500. The van der Waals surface area contributed by atoms with Crippen molar-refractivity contribution >= 4 is 0 Å². The van der Waals surface area contributed by atoms with Crippen molar-refractivity contribution in [3.63, 3.8) is 0 Å². The van der Waals surface area contributed by atoms with E-state index in [0.717, 1.165) is 12.3 Å². The SMILES string of the molecule is CCCOc1ccc(-c2ccc(CCC3=CCC4C(CCC)CCC34)c(F)c2F)c(F)c1F. The number of allylic oxidation sites excluding steroid dienone is 2. The van der Waals surface area contributed by atoms with Crippen molar-refractivity contribution in [1.29, 1.82) is 0 Å². The van der Waals surface area contributed by atoms with Crippen molar-refractivity contribution in [2.75, 3.05) is 6.61 Å². The third kappa shape index (κ3) is 4.69. The molecule has 3 atom stereocenters. The molecule has 0 heterocycles. The summed E-state index contributed by atoms with van der Waals surface area (Å²) in [5, 5.41) is 0. The number of rotatable bonds is 9. The molecule has 1 fully saturated rings. The molecule has 0 amide bonds. The van der Waals surface area contributed by atoms with E-state index in [1.54, 1.807) is 0 Å². The molecule has 4 rings (SSSR count). The van der Waals surface area contributed by atoms with Crippen LogP contribution in [0.1, 0.15) is 64.4 Å². The van der Waals surface area contributed by atoms with E-state index in [-0.39, 0.29) is 29.0 Å². The fourth-order valence-electron chi connectivity index (χ4n) is 5.76. The first-order chi connectivity index (χ1) is 16.0. The fourth-order valence-corrected chi connectivity index (χ4v) is 5.76. The predicted molar refractivity (Wildman–Crippen MR) is 123 cm³/mol. The van der Waals surface area contributed by atoms with Crippen LogP contribution >= 0.6 is 0 Å². The lowest BCUT2D eigenvalue weighted by Crippen LogP contribution is -2.11. The zero-order chi connectivity index (χ0) is 23.5. The Kier molecular flexibility index (Phi) is 7.45. The van der Waals surface area contributed by atoms with Gasteiger partial charge in [0.1, 0.15) is 0 Å². The van der Waals surface area contributed by atoms with Crippen LogP contribution in [0, 0.1) is 41.0 Å². The van der Waals surface area contributed by atoms with Gasteiger partial charge in [0, 0.05) is 11.1 Å². The van der Waals surface area contributed by atoms with Gasteiger partial charge >= 0.3 is 0 Å². The Morgan fingerprint density at radius 3 is 2.27 bits per heavy atom. The van der Waals surface area contributed by atoms with Crippen LogP contribution in [0.3, 0.4) is 0 Å². The monoisotopic (exact) mass is 460 g/mol. The van der Waals surface area contributed by atoms with Crippen molar-refractivity contribution < 1.29 is 22.3 Å². The zero-order valence-corrected chi connectivity index (χ0v) is 19.4. The first-order valence-electron chi connectivity index (χ1n) is 12.2. The van der Waals surface area contributed by atoms with E-state index >= 15 is 0 Å². The Morgan fingerprint density at radius 1 is 0.818 bits per heavy atom. The minimum atomic E-state index is -1.24. The second-order valence-corrected chi connectivity index (χ2v) is 9.40. The number of hydrogen-bond donors (Lipinski definition) is 0. The van der Waals surface area contributed by atoms with Crippen LogP contribution in [-0.2, 0) is 6.42 Å². The van der Waals surface area contributed by atoms with Crippen molar-refractivity contribution in [3.05, 3.63) is 64.7 Å². The molecule has 0 spiro atoms. The van der Waals surface area contributed by atoms with E-state index < -0.39 is 23.3 Å². The molecule has 0 bridgehead atoms. The lowest BCUT2D eigenvalue weighted by Gasteiger charge is -2.19. The second-order valence-electron chi connectivity index (χ2n) is 9.40. The van der Waals surface area contributed by atoms with Crippen LogP contribution in [0.25, 0.3) is 11.1 Å². The van der Waals surface area contributed by atoms with Gasteiger partial charge in [-0.15, -0.1) is 0 Å². The molecular weight excluding hydrogens is 428 g/mol. The van der Waals surface area contributed by atoms with Crippen LogP contribution in [0.15, 0.2) is 35.9 Å². The van der Waals surface area contributed by atoms with Crippen LogP contribution < -0.4 is 4.74 Å². The van der Waals surface area contributed by atoms with Gasteiger partial charge in [0.05, 0.1) is 6.61 Å². The summed E-state index contributed by atoms with van der Waals surface area (Å²) in [6, 6.07) is 5.33. The minimum Gasteiger partial charge on any atom is -0.490 e. The highest BCUT2D eigenvalue weighted by molar-refractivity contribution is 5.66. The molecule has 2 aromatic carbocycles. The van der Waals surface area contributed by atoms with Gasteiger partial charge in [0.25, 0.3) is 0 Å². The number of aryl methyl sites for hydroxylation is 1. The molecule has 178 valence electrons. The van der Waals surface area contributed by atoms with E-state index in [1.165, 1.54) is 55.5 Å². The highest BCUT2D eigenvalue weighted by Crippen LogP contribution is 2.50. The molecule has 5 heteroatoms. The predicted octanol–water partition coefficient (Wildman–Crippen LogP) is 8.40. The van der Waals surface area contributed by atoms with Gasteiger partial charge in [-0.25, -0.2) is 13.2 Å². The second kappa shape index (κ2) is 10.3. The largest absolute Gasteiger partial charge is 0.490 e. The minimum absolute atomic E-state index is 0.230. The molecule has 1 saturated carbocycles. The van der Waals surface area contributed by atoms with E-state index in [1.807, 2.05) is 6.92 Å². The smallest absolute Gasteiger partial charge is 0.201 e. The van der Waals surface area contributed by atoms with Crippen molar-refractivity contribution in [3.8, 4) is 16.9 Å². The Balaban J connectivity index is 1.48. The maximum absolute atomic E-state index is 14.9. The molecular formula is C28H32F4O. The molecule has 2 aliphatic carbocycles. The third-order valence-corrected chi connectivity index (χ3v) is 7.40. The highest BCUT2D eigenvalue weighted by Gasteiger charge is 2.39. The van der Waals surface area contributed by atoms with Gasteiger partial charge in [0.2, 0.25) is 5.82 Å². The number of halogens is 4. The van der Waals surface area contributed by atoms with Crippen molar-refractivity contribution in [2.24, 2.45) is 17.8 Å². The van der Waals surface area contributed by atoms with Gasteiger partial charge in [-0.1, -0.05) is 50.5 Å². The molecule has 0 saturated heterocycles. The average Bonchev–Trinajstić information content (AvgIpc) is 3.40. The Hall–Kier alpha value is -2.30. The number of benzene rings is 2. The van der Waals surface area contributed by atoms with E-state index in [2.05, 4.69) is 13.0 Å². The topological polar surface area (TPSA) is 9.23 Å². The van der Waals surface area contributed by atoms with E-state index in [4.69, 9.17) is 4.74 Å². The molecule has 0 radical (unpaired) electrons. The first-order valence-corrected chi connectivity index (χ1v) is 12.2. The lowest BCUT2D eigenvalue weighted by atomic mass is 9.85. The lowest BCUT2D eigenvalue weighted by molar-refractivity contribution is 0.295. The average molecular weight is 461 g/mol. The van der Waals surface area contributed by atoms with Crippen molar-refractivity contribution in [1.82, 2.24) is 0 Å². The molecule has 2 aromatic rings. The van der Waals surface area contributed by atoms with Crippen molar-refractivity contribution in [2.45, 2.75) is 65.2 Å². The summed E-state index contributed by atoms with van der Waals surface area (Å²) in [4.78, 5) is 0. The van der Waals surface area contributed by atoms with Gasteiger partial charge < -0.3 is 4.74 Å². The zero-order valence-electron chi connectivity index (χ0n) is 19.4. The first kappa shape index (κ1) is 23.8. The molecule has 1 nitrogen and oxygen atoms in total. The number of fused-ring (bicyclic) bond motifs is 1. The Morgan fingerprint density at radius 2 is 1.55 bits per heavy atom. The van der Waals surface area contributed by atoms with Gasteiger partial charge in [-0.05, 0) is 74.0 Å². The normalized spacial score (nSPS) is 21.9. The molecule has 0 aliphatic heterocycles. The molecule has 0 N–H and O–H groups in total. The van der Waals surface area contributed by atoms with Crippen LogP contribution in [0.2, 0.25) is 0 Å². The quantitative estimate of drug-likeness (QED) is 0.270. The van der Waals surface area contributed by atoms with Crippen LogP contribution in [0.4, 0.5) is 17.6 Å². The maximum Gasteiger partial charge on any atom is 0.201 e. The molecule has 2 aliphatic rings. The summed E-state index contributed by atoms with van der Waals surface area (Å²) in [7, 11) is 0. The van der Waals surface area contributed by atoms with Gasteiger partial charge in [-0.3, -0.25) is 0 Å². The Labute approximate surface area is 193 Å². The van der Waals surface area contributed by atoms with Crippen LogP contribution in [-0.4, -0.2) is 6.61 Å². The summed E-state index contributed by atoms with van der Waals surface area (Å²) >= 11 is 0. The Bertz CT molecular complexity index is 1030. The maximum atomic E-state index is 14.9. The van der Waals surface area contributed by atoms with E-state index in [0.29, 0.717) is 31.1 Å². The summed E-state index contributed by atoms with van der Waals surface area (Å²) in [6.07, 6.45) is 10.1. The standard InChI is InChI=1S/C28H32F4O/c1-3-5-17-8-11-21-18(9-12-20(17)21)6-7-19-10-13-22(26(30)25(19)29)23-14-15-24(33-16-4-2)28(32)27(23)31/h9-10,13-15,17,20-21H,3-8,11-12,16H2,1-2H3. The van der Waals surface area contributed by atoms with E-state index in [9.17, 15) is 17.6 Å². The summed E-state index contributed by atoms with van der Waals surface area (Å²) < 4.78 is 63.9. The molecule has 33 heavy (non-hydrogen) atoms. The van der Waals surface area contributed by atoms with Gasteiger partial charge in [-0.2, -0.15) is 4.39 Å². The number of hydrogen-bond acceptors (Lipinski definition) is 1. The molecule has 0 aromatic heterocycles. The van der Waals surface area contributed by atoms with Gasteiger partial charge in [0.15, 0.2) is 23.2 Å². The summed E-state index contributed by atoms with van der Waals surface area (Å²) in [6.45, 7) is 4.32.